The van der Waals surface area contributed by atoms with Crippen molar-refractivity contribution in [3.63, 3.8) is 0 Å². The van der Waals surface area contributed by atoms with Gasteiger partial charge in [0.1, 0.15) is 5.75 Å². The molecular weight excluding hydrogens is 250 g/mol. The van der Waals surface area contributed by atoms with E-state index < -0.39 is 0 Å². The number of likely N-dealkylation sites (tertiary alicyclic amines) is 1. The molecule has 1 heterocycles. The number of piperidine rings is 1. The number of nitrogens with zero attached hydrogens (tertiary/aromatic N) is 2. The summed E-state index contributed by atoms with van der Waals surface area (Å²) in [5.74, 6) is 0.845. The van der Waals surface area contributed by atoms with Gasteiger partial charge in [0.05, 0.1) is 18.7 Å². The van der Waals surface area contributed by atoms with Crippen molar-refractivity contribution in [1.29, 1.82) is 5.26 Å². The maximum absolute atomic E-state index is 8.99. The lowest BCUT2D eigenvalue weighted by molar-refractivity contribution is 0.168. The van der Waals surface area contributed by atoms with Crippen LogP contribution in [-0.4, -0.2) is 37.7 Å². The summed E-state index contributed by atoms with van der Waals surface area (Å²) in [6.45, 7) is 4.15. The highest BCUT2D eigenvalue weighted by Crippen LogP contribution is 2.21. The molecule has 1 N–H and O–H groups in total. The van der Waals surface area contributed by atoms with Crippen LogP contribution in [0.3, 0.4) is 0 Å². The van der Waals surface area contributed by atoms with Gasteiger partial charge in [0.15, 0.2) is 0 Å². The Labute approximate surface area is 121 Å². The van der Waals surface area contributed by atoms with E-state index in [1.165, 1.54) is 6.42 Å². The van der Waals surface area contributed by atoms with Crippen LogP contribution < -0.4 is 10.1 Å². The molecule has 1 aromatic carbocycles. The summed E-state index contributed by atoms with van der Waals surface area (Å²) in [6, 6.07) is 8.90. The average Bonchev–Trinajstić information content (AvgIpc) is 2.48. The second-order valence-corrected chi connectivity index (χ2v) is 5.57. The molecule has 0 aliphatic carbocycles. The summed E-state index contributed by atoms with van der Waals surface area (Å²) >= 11 is 0. The van der Waals surface area contributed by atoms with E-state index in [9.17, 15) is 0 Å². The molecule has 1 fully saturated rings. The third-order valence-corrected chi connectivity index (χ3v) is 4.20. The first kappa shape index (κ1) is 14.8. The Kier molecular flexibility index (Phi) is 4.99. The molecule has 0 bridgehead atoms. The van der Waals surface area contributed by atoms with Crippen molar-refractivity contribution >= 4 is 0 Å². The van der Waals surface area contributed by atoms with Crippen LogP contribution in [0.5, 0.6) is 5.75 Å². The smallest absolute Gasteiger partial charge is 0.123 e. The molecule has 1 aliphatic rings. The molecule has 2 rings (SSSR count). The van der Waals surface area contributed by atoms with Crippen LogP contribution in [0.25, 0.3) is 0 Å². The Morgan fingerprint density at radius 3 is 2.95 bits per heavy atom. The van der Waals surface area contributed by atoms with E-state index in [0.717, 1.165) is 30.8 Å². The molecule has 0 spiro atoms. The second-order valence-electron chi connectivity index (χ2n) is 5.57. The second kappa shape index (κ2) is 6.74. The molecule has 4 heteroatoms. The first-order chi connectivity index (χ1) is 9.63. The molecule has 4 nitrogen and oxygen atoms in total. The summed E-state index contributed by atoms with van der Waals surface area (Å²) in [6.07, 6.45) is 2.33. The van der Waals surface area contributed by atoms with Crippen LogP contribution in [0.2, 0.25) is 0 Å². The Morgan fingerprint density at radius 1 is 1.50 bits per heavy atom. The summed E-state index contributed by atoms with van der Waals surface area (Å²) in [7, 11) is 3.85. The third kappa shape index (κ3) is 3.50. The van der Waals surface area contributed by atoms with Gasteiger partial charge in [0.2, 0.25) is 0 Å². The molecule has 0 radical (unpaired) electrons. The van der Waals surface area contributed by atoms with Gasteiger partial charge in [-0.2, -0.15) is 5.26 Å². The van der Waals surface area contributed by atoms with Crippen LogP contribution in [-0.2, 0) is 6.54 Å². The maximum Gasteiger partial charge on any atom is 0.123 e. The lowest BCUT2D eigenvalue weighted by Gasteiger charge is -2.35. The Balaban J connectivity index is 1.98. The minimum Gasteiger partial charge on any atom is -0.496 e. The van der Waals surface area contributed by atoms with Gasteiger partial charge in [0, 0.05) is 24.2 Å². The largest absolute Gasteiger partial charge is 0.496 e. The average molecular weight is 273 g/mol. The van der Waals surface area contributed by atoms with Crippen molar-refractivity contribution < 1.29 is 4.74 Å². The predicted molar refractivity (Wildman–Crippen MR) is 79.7 cm³/mol. The van der Waals surface area contributed by atoms with Gasteiger partial charge >= 0.3 is 0 Å². The zero-order chi connectivity index (χ0) is 14.5. The maximum atomic E-state index is 8.99. The van der Waals surface area contributed by atoms with Gasteiger partial charge in [-0.3, -0.25) is 0 Å². The molecule has 1 aromatic rings. The lowest BCUT2D eigenvalue weighted by atomic mass is 9.98. The highest BCUT2D eigenvalue weighted by Gasteiger charge is 2.22. The van der Waals surface area contributed by atoms with E-state index in [2.05, 4.69) is 30.3 Å². The molecule has 108 valence electrons. The quantitative estimate of drug-likeness (QED) is 0.913. The van der Waals surface area contributed by atoms with Gasteiger partial charge in [-0.1, -0.05) is 0 Å². The molecular formula is C16H23N3O. The molecule has 0 aromatic heterocycles. The third-order valence-electron chi connectivity index (χ3n) is 4.20. The number of nitrogens with one attached hydrogen (secondary N) is 1. The Morgan fingerprint density at radius 2 is 2.30 bits per heavy atom. The number of rotatable bonds is 4. The molecule has 1 saturated heterocycles. The zero-order valence-electron chi connectivity index (χ0n) is 12.5. The van der Waals surface area contributed by atoms with E-state index in [-0.39, 0.29) is 0 Å². The van der Waals surface area contributed by atoms with Crippen molar-refractivity contribution in [3.05, 3.63) is 29.3 Å². The van der Waals surface area contributed by atoms with Crippen LogP contribution >= 0.6 is 0 Å². The van der Waals surface area contributed by atoms with Crippen LogP contribution in [0.4, 0.5) is 0 Å². The Hall–Kier alpha value is -1.57. The van der Waals surface area contributed by atoms with E-state index in [4.69, 9.17) is 10.00 Å². The molecule has 20 heavy (non-hydrogen) atoms. The Bertz CT molecular complexity index is 495. The molecule has 0 amide bonds. The minimum atomic E-state index is 0.539. The van der Waals surface area contributed by atoms with Crippen LogP contribution in [0, 0.1) is 11.3 Å². The van der Waals surface area contributed by atoms with Crippen molar-refractivity contribution in [1.82, 2.24) is 10.2 Å². The summed E-state index contributed by atoms with van der Waals surface area (Å²) in [5, 5.41) is 12.6. The topological polar surface area (TPSA) is 48.3 Å². The highest BCUT2D eigenvalue weighted by molar-refractivity contribution is 5.42. The fraction of sp³-hybridized carbons (Fsp3) is 0.562. The normalized spacial score (nSPS) is 23.3. The number of ether oxygens (including phenoxy) is 1. The van der Waals surface area contributed by atoms with Gasteiger partial charge in [-0.05, 0) is 51.6 Å². The summed E-state index contributed by atoms with van der Waals surface area (Å²) in [4.78, 5) is 2.40. The SMILES string of the molecule is COc1ccc(C#N)cc1CNC1CCN(C)C(C)C1. The number of nitriles is 1. The molecule has 0 saturated carbocycles. The van der Waals surface area contributed by atoms with Crippen LogP contribution in [0.1, 0.15) is 30.9 Å². The van der Waals surface area contributed by atoms with E-state index in [1.54, 1.807) is 13.2 Å². The lowest BCUT2D eigenvalue weighted by Crippen LogP contribution is -2.45. The van der Waals surface area contributed by atoms with E-state index in [1.807, 2.05) is 12.1 Å². The van der Waals surface area contributed by atoms with Crippen molar-refractivity contribution in [2.75, 3.05) is 20.7 Å². The van der Waals surface area contributed by atoms with Gasteiger partial charge in [-0.25, -0.2) is 0 Å². The minimum absolute atomic E-state index is 0.539. The fourth-order valence-electron chi connectivity index (χ4n) is 2.72. The highest BCUT2D eigenvalue weighted by atomic mass is 16.5. The van der Waals surface area contributed by atoms with Crippen molar-refractivity contribution in [2.24, 2.45) is 0 Å². The van der Waals surface area contributed by atoms with Crippen molar-refractivity contribution in [2.45, 2.75) is 38.4 Å². The molecule has 1 aliphatic heterocycles. The summed E-state index contributed by atoms with van der Waals surface area (Å²) < 4.78 is 5.37. The van der Waals surface area contributed by atoms with E-state index in [0.29, 0.717) is 17.6 Å². The zero-order valence-corrected chi connectivity index (χ0v) is 12.5. The number of benzene rings is 1. The predicted octanol–water partition coefficient (Wildman–Crippen LogP) is 2.14. The van der Waals surface area contributed by atoms with E-state index >= 15 is 0 Å². The van der Waals surface area contributed by atoms with Crippen molar-refractivity contribution in [3.8, 4) is 11.8 Å². The van der Waals surface area contributed by atoms with Crippen LogP contribution in [0.15, 0.2) is 18.2 Å². The van der Waals surface area contributed by atoms with Gasteiger partial charge < -0.3 is 15.0 Å². The fourth-order valence-corrected chi connectivity index (χ4v) is 2.72. The number of hydrogen-bond donors (Lipinski definition) is 1. The standard InChI is InChI=1S/C16H23N3O/c1-12-8-15(6-7-19(12)2)18-11-14-9-13(10-17)4-5-16(14)20-3/h4-5,9,12,15,18H,6-8,11H2,1-3H3. The van der Waals surface area contributed by atoms with Gasteiger partial charge in [-0.15, -0.1) is 0 Å². The first-order valence-corrected chi connectivity index (χ1v) is 7.14. The monoisotopic (exact) mass is 273 g/mol. The summed E-state index contributed by atoms with van der Waals surface area (Å²) in [5.41, 5.74) is 1.73. The number of methoxy groups -OCH3 is 1. The van der Waals surface area contributed by atoms with Gasteiger partial charge in [0.25, 0.3) is 0 Å². The molecule has 2 atom stereocenters. The molecule has 2 unspecified atom stereocenters. The first-order valence-electron chi connectivity index (χ1n) is 7.14. The number of hydrogen-bond acceptors (Lipinski definition) is 4.